The Morgan fingerprint density at radius 3 is 1.61 bits per heavy atom. The molecule has 262 valence electrons. The fourth-order valence-corrected chi connectivity index (χ4v) is 5.52. The third kappa shape index (κ3) is 11.1. The normalized spacial score (nSPS) is 11.6. The van der Waals surface area contributed by atoms with E-state index in [0.29, 0.717) is 41.5 Å². The summed E-state index contributed by atoms with van der Waals surface area (Å²) in [5.41, 5.74) is 24.4. The van der Waals surface area contributed by atoms with Crippen LogP contribution in [0.3, 0.4) is 0 Å². The number of rotatable bonds is 13. The highest BCUT2D eigenvalue weighted by molar-refractivity contribution is 6.29. The summed E-state index contributed by atoms with van der Waals surface area (Å²) in [5, 5.41) is 25.4. The minimum atomic E-state index is -0.655. The Kier molecular flexibility index (Phi) is 13.8. The number of halogens is 1. The molecule has 0 saturated heterocycles. The number of nitrogens with one attached hydrogen (secondary N) is 3. The van der Waals surface area contributed by atoms with Crippen molar-refractivity contribution in [2.45, 2.75) is 79.7 Å². The molecule has 0 aliphatic rings. The van der Waals surface area contributed by atoms with Crippen molar-refractivity contribution in [2.75, 3.05) is 22.5 Å². The maximum absolute atomic E-state index is 11.8. The van der Waals surface area contributed by atoms with E-state index in [1.54, 1.807) is 6.07 Å². The van der Waals surface area contributed by atoms with E-state index < -0.39 is 11.8 Å². The summed E-state index contributed by atoms with van der Waals surface area (Å²) in [6.45, 7) is 17.5. The average molecular weight is 689 g/mol. The third-order valence-electron chi connectivity index (χ3n) is 7.78. The van der Waals surface area contributed by atoms with Crippen molar-refractivity contribution < 1.29 is 9.59 Å². The highest BCUT2D eigenvalue weighted by Crippen LogP contribution is 2.28. The molecule has 1 atom stereocenters. The maximum Gasteiger partial charge on any atom is 0.271 e. The second-order valence-electron chi connectivity index (χ2n) is 13.1. The Morgan fingerprint density at radius 2 is 1.18 bits per heavy atom. The summed E-state index contributed by atoms with van der Waals surface area (Å²) in [7, 11) is 0. The molecule has 1 unspecified atom stereocenters. The van der Waals surface area contributed by atoms with Gasteiger partial charge in [0.25, 0.3) is 11.8 Å². The Labute approximate surface area is 294 Å². The lowest BCUT2D eigenvalue weighted by Gasteiger charge is -2.20. The number of nitrogens with zero attached hydrogens (tertiary/aromatic N) is 4. The zero-order valence-electron chi connectivity index (χ0n) is 29.6. The summed E-state index contributed by atoms with van der Waals surface area (Å²) < 4.78 is 0. The number of nitrogens with two attached hydrogens (primary N) is 3. The van der Waals surface area contributed by atoms with Crippen molar-refractivity contribution in [2.24, 2.45) is 23.1 Å². The minimum Gasteiger partial charge on any atom is -0.365 e. The number of primary amides is 2. The van der Waals surface area contributed by atoms with Gasteiger partial charge < -0.3 is 33.2 Å². The van der Waals surface area contributed by atoms with Crippen LogP contribution in [-0.4, -0.2) is 44.8 Å². The van der Waals surface area contributed by atoms with Gasteiger partial charge in [-0.3, -0.25) is 9.59 Å². The Morgan fingerprint density at radius 1 is 0.714 bits per heavy atom. The first-order chi connectivity index (χ1) is 23.1. The number of benzene rings is 2. The highest BCUT2D eigenvalue weighted by atomic mass is 35.5. The Balaban J connectivity index is 0.000000276. The molecular weight excluding hydrogens is 640 g/mol. The standard InChI is InChI=1S/C21H32N6O.C15H17ClN4O/c1-12(2)8-16(11-22)25-19-10-18(20(21(23)28)27-26-19)24-15-7-6-14(5)17(9-15)13(3)4;1-8(2)11-6-10(5-4-9(11)3)18-12-7-13(16)19-20-14(12)15(17)21/h6-7,9-10,12-13,16H,8,11,22H2,1-5H3,(H2,23,28)(H2,24,25,26);4-8H,1-3H3,(H2,17,21)(H,18,19). The molecule has 13 heteroatoms. The summed E-state index contributed by atoms with van der Waals surface area (Å²) in [4.78, 5) is 23.2. The highest BCUT2D eigenvalue weighted by Gasteiger charge is 2.17. The zero-order chi connectivity index (χ0) is 36.4. The van der Waals surface area contributed by atoms with E-state index >= 15 is 0 Å². The molecule has 0 fully saturated rings. The average Bonchev–Trinajstić information content (AvgIpc) is 3.02. The maximum atomic E-state index is 11.8. The molecule has 49 heavy (non-hydrogen) atoms. The smallest absolute Gasteiger partial charge is 0.271 e. The van der Waals surface area contributed by atoms with Gasteiger partial charge in [-0.2, -0.15) is 0 Å². The van der Waals surface area contributed by atoms with E-state index in [0.717, 1.165) is 17.8 Å². The van der Waals surface area contributed by atoms with Crippen LogP contribution < -0.4 is 33.2 Å². The molecule has 2 aromatic carbocycles. The first-order valence-electron chi connectivity index (χ1n) is 16.3. The topological polar surface area (TPSA) is 200 Å². The van der Waals surface area contributed by atoms with Crippen LogP contribution in [0.1, 0.15) is 103 Å². The molecule has 0 aliphatic heterocycles. The van der Waals surface area contributed by atoms with Crippen molar-refractivity contribution >= 4 is 52.0 Å². The summed E-state index contributed by atoms with van der Waals surface area (Å²) in [6.07, 6.45) is 0.911. The lowest BCUT2D eigenvalue weighted by molar-refractivity contribution is 0.0987. The summed E-state index contributed by atoms with van der Waals surface area (Å²) in [6, 6.07) is 15.5. The number of anilines is 5. The van der Waals surface area contributed by atoms with Crippen molar-refractivity contribution in [3.8, 4) is 0 Å². The van der Waals surface area contributed by atoms with E-state index in [1.807, 2.05) is 24.3 Å². The molecular formula is C36H49ClN10O2. The van der Waals surface area contributed by atoms with Crippen LogP contribution in [0.2, 0.25) is 5.15 Å². The van der Waals surface area contributed by atoms with Crippen molar-refractivity contribution in [1.82, 2.24) is 20.4 Å². The van der Waals surface area contributed by atoms with Crippen LogP contribution in [-0.2, 0) is 0 Å². The Hall–Kier alpha value is -4.81. The van der Waals surface area contributed by atoms with Crippen LogP contribution in [0.15, 0.2) is 48.5 Å². The SMILES string of the molecule is Cc1ccc(Nc2cc(Cl)nnc2C(N)=O)cc1C(C)C.Cc1ccc(Nc2cc(NC(CN)CC(C)C)nnc2C(N)=O)cc1C(C)C. The number of hydrogen-bond acceptors (Lipinski definition) is 10. The number of aromatic nitrogens is 4. The van der Waals surface area contributed by atoms with E-state index in [1.165, 1.54) is 28.3 Å². The molecule has 0 radical (unpaired) electrons. The van der Waals surface area contributed by atoms with E-state index in [9.17, 15) is 9.59 Å². The fraction of sp³-hybridized carbons (Fsp3) is 0.389. The van der Waals surface area contributed by atoms with E-state index in [4.69, 9.17) is 28.8 Å². The van der Waals surface area contributed by atoms with Gasteiger partial charge in [0.05, 0.1) is 11.4 Å². The first kappa shape index (κ1) is 38.6. The molecule has 0 bridgehead atoms. The zero-order valence-corrected chi connectivity index (χ0v) is 30.3. The second-order valence-corrected chi connectivity index (χ2v) is 13.4. The van der Waals surface area contributed by atoms with Gasteiger partial charge in [0.1, 0.15) is 0 Å². The van der Waals surface area contributed by atoms with E-state index in [2.05, 4.69) is 104 Å². The summed E-state index contributed by atoms with van der Waals surface area (Å²) >= 11 is 5.83. The van der Waals surface area contributed by atoms with Gasteiger partial charge in [0.2, 0.25) is 0 Å². The van der Waals surface area contributed by atoms with Crippen LogP contribution in [0.25, 0.3) is 0 Å². The lowest BCUT2D eigenvalue weighted by atomic mass is 9.97. The van der Waals surface area contributed by atoms with E-state index in [-0.39, 0.29) is 22.6 Å². The van der Waals surface area contributed by atoms with Crippen molar-refractivity contribution in [3.05, 3.63) is 87.3 Å². The number of amides is 2. The molecule has 4 aromatic rings. The molecule has 0 aliphatic carbocycles. The third-order valence-corrected chi connectivity index (χ3v) is 7.96. The van der Waals surface area contributed by atoms with Crippen LogP contribution >= 0.6 is 11.6 Å². The molecule has 0 saturated carbocycles. The van der Waals surface area contributed by atoms with Gasteiger partial charge in [0.15, 0.2) is 22.4 Å². The van der Waals surface area contributed by atoms with Gasteiger partial charge in [0, 0.05) is 36.1 Å². The lowest BCUT2D eigenvalue weighted by Crippen LogP contribution is -2.31. The Bertz CT molecular complexity index is 1760. The number of hydrogen-bond donors (Lipinski definition) is 6. The molecule has 0 spiro atoms. The molecule has 9 N–H and O–H groups in total. The van der Waals surface area contributed by atoms with Crippen molar-refractivity contribution in [1.29, 1.82) is 0 Å². The van der Waals surface area contributed by atoms with Crippen molar-refractivity contribution in [3.63, 3.8) is 0 Å². The molecule has 2 heterocycles. The minimum absolute atomic E-state index is 0.0612. The van der Waals surface area contributed by atoms with Gasteiger partial charge >= 0.3 is 0 Å². The predicted octanol–water partition coefficient (Wildman–Crippen LogP) is 6.94. The molecule has 2 aromatic heterocycles. The predicted molar refractivity (Wildman–Crippen MR) is 199 cm³/mol. The quantitative estimate of drug-likeness (QED) is 0.0854. The number of aryl methyl sites for hydroxylation is 2. The fourth-order valence-electron chi connectivity index (χ4n) is 5.37. The monoisotopic (exact) mass is 688 g/mol. The van der Waals surface area contributed by atoms with Crippen LogP contribution in [0.5, 0.6) is 0 Å². The number of carbonyl (C=O) groups is 2. The number of carbonyl (C=O) groups excluding carboxylic acids is 2. The van der Waals surface area contributed by atoms with Crippen LogP contribution in [0.4, 0.5) is 28.6 Å². The van der Waals surface area contributed by atoms with Crippen LogP contribution in [0, 0.1) is 19.8 Å². The van der Waals surface area contributed by atoms with Gasteiger partial charge in [-0.1, -0.05) is 65.3 Å². The molecule has 2 amide bonds. The van der Waals surface area contributed by atoms with Gasteiger partial charge in [-0.15, -0.1) is 20.4 Å². The summed E-state index contributed by atoms with van der Waals surface area (Å²) in [5.74, 6) is 0.569. The van der Waals surface area contributed by atoms with Gasteiger partial charge in [-0.25, -0.2) is 0 Å². The second kappa shape index (κ2) is 17.5. The first-order valence-corrected chi connectivity index (χ1v) is 16.7. The molecule has 4 rings (SSSR count). The van der Waals surface area contributed by atoms with Gasteiger partial charge in [-0.05, 0) is 84.5 Å². The molecule has 12 nitrogen and oxygen atoms in total. The largest absolute Gasteiger partial charge is 0.365 e.